The molecule has 0 amide bonds. The summed E-state index contributed by atoms with van der Waals surface area (Å²) in [6.45, 7) is 5.41. The summed E-state index contributed by atoms with van der Waals surface area (Å²) in [4.78, 5) is 0. The summed E-state index contributed by atoms with van der Waals surface area (Å²) in [5, 5.41) is 3.60. The van der Waals surface area contributed by atoms with E-state index in [0.717, 1.165) is 18.9 Å². The van der Waals surface area contributed by atoms with Crippen molar-refractivity contribution in [1.82, 2.24) is 5.32 Å². The van der Waals surface area contributed by atoms with Gasteiger partial charge in [0.25, 0.3) is 0 Å². The first-order chi connectivity index (χ1) is 8.69. The molecule has 100 valence electrons. The molecule has 2 heteroatoms. The molecule has 1 N–H and O–H groups in total. The van der Waals surface area contributed by atoms with Gasteiger partial charge in [-0.25, -0.2) is 4.39 Å². The predicted molar refractivity (Wildman–Crippen MR) is 74.3 cm³/mol. The molecular formula is C16H24FN. The molecule has 0 saturated heterocycles. The lowest BCUT2D eigenvalue weighted by Crippen LogP contribution is -2.27. The molecule has 1 nitrogen and oxygen atoms in total. The SMILES string of the molecule is CCCNC1CCC(Cc2cc(F)ccc2C)C1. The summed E-state index contributed by atoms with van der Waals surface area (Å²) < 4.78 is 13.3. The first kappa shape index (κ1) is 13.5. The first-order valence-corrected chi connectivity index (χ1v) is 7.17. The maximum absolute atomic E-state index is 13.3. The van der Waals surface area contributed by atoms with E-state index < -0.39 is 0 Å². The highest BCUT2D eigenvalue weighted by molar-refractivity contribution is 5.27. The lowest BCUT2D eigenvalue weighted by Gasteiger charge is -2.14. The Morgan fingerprint density at radius 1 is 1.33 bits per heavy atom. The Morgan fingerprint density at radius 2 is 2.17 bits per heavy atom. The van der Waals surface area contributed by atoms with Crippen LogP contribution < -0.4 is 5.32 Å². The van der Waals surface area contributed by atoms with Crippen molar-refractivity contribution in [2.45, 2.75) is 52.0 Å². The molecular weight excluding hydrogens is 225 g/mol. The molecule has 18 heavy (non-hydrogen) atoms. The summed E-state index contributed by atoms with van der Waals surface area (Å²) >= 11 is 0. The monoisotopic (exact) mass is 249 g/mol. The molecule has 1 fully saturated rings. The molecule has 2 atom stereocenters. The zero-order chi connectivity index (χ0) is 13.0. The van der Waals surface area contributed by atoms with E-state index in [4.69, 9.17) is 0 Å². The van der Waals surface area contributed by atoms with E-state index in [1.165, 1.54) is 36.8 Å². The topological polar surface area (TPSA) is 12.0 Å². The van der Waals surface area contributed by atoms with E-state index in [-0.39, 0.29) is 5.82 Å². The van der Waals surface area contributed by atoms with Gasteiger partial charge in [0.15, 0.2) is 0 Å². The fourth-order valence-corrected chi connectivity index (χ4v) is 2.97. The van der Waals surface area contributed by atoms with E-state index in [9.17, 15) is 4.39 Å². The van der Waals surface area contributed by atoms with Crippen molar-refractivity contribution in [1.29, 1.82) is 0 Å². The van der Waals surface area contributed by atoms with E-state index in [1.807, 2.05) is 6.07 Å². The van der Waals surface area contributed by atoms with Crippen LogP contribution in [0.5, 0.6) is 0 Å². The van der Waals surface area contributed by atoms with Crippen LogP contribution in [0.25, 0.3) is 0 Å². The quantitative estimate of drug-likeness (QED) is 0.836. The number of hydrogen-bond acceptors (Lipinski definition) is 1. The number of benzene rings is 1. The highest BCUT2D eigenvalue weighted by Crippen LogP contribution is 2.29. The lowest BCUT2D eigenvalue weighted by atomic mass is 9.95. The van der Waals surface area contributed by atoms with Gasteiger partial charge in [0.05, 0.1) is 0 Å². The molecule has 0 heterocycles. The average Bonchev–Trinajstić information content (AvgIpc) is 2.79. The van der Waals surface area contributed by atoms with Gasteiger partial charge in [-0.1, -0.05) is 13.0 Å². The van der Waals surface area contributed by atoms with Crippen molar-refractivity contribution < 1.29 is 4.39 Å². The molecule has 0 aliphatic heterocycles. The fourth-order valence-electron chi connectivity index (χ4n) is 2.97. The molecule has 0 aromatic heterocycles. The third kappa shape index (κ3) is 3.55. The van der Waals surface area contributed by atoms with Gasteiger partial charge >= 0.3 is 0 Å². The van der Waals surface area contributed by atoms with Crippen molar-refractivity contribution in [3.63, 3.8) is 0 Å². The number of aryl methyl sites for hydroxylation is 1. The van der Waals surface area contributed by atoms with Crippen LogP contribution in [0.4, 0.5) is 4.39 Å². The third-order valence-corrected chi connectivity index (χ3v) is 4.04. The van der Waals surface area contributed by atoms with Crippen LogP contribution in [0.15, 0.2) is 18.2 Å². The highest BCUT2D eigenvalue weighted by Gasteiger charge is 2.24. The van der Waals surface area contributed by atoms with Crippen LogP contribution in [0, 0.1) is 18.7 Å². The Morgan fingerprint density at radius 3 is 2.94 bits per heavy atom. The first-order valence-electron chi connectivity index (χ1n) is 7.17. The van der Waals surface area contributed by atoms with Gasteiger partial charge in [-0.2, -0.15) is 0 Å². The largest absolute Gasteiger partial charge is 0.314 e. The van der Waals surface area contributed by atoms with Gasteiger partial charge in [-0.15, -0.1) is 0 Å². The zero-order valence-corrected chi connectivity index (χ0v) is 11.5. The van der Waals surface area contributed by atoms with Gasteiger partial charge < -0.3 is 5.32 Å². The average molecular weight is 249 g/mol. The van der Waals surface area contributed by atoms with Crippen LogP contribution in [0.1, 0.15) is 43.7 Å². The minimum atomic E-state index is -0.103. The van der Waals surface area contributed by atoms with Crippen LogP contribution in [0.2, 0.25) is 0 Å². The van der Waals surface area contributed by atoms with Crippen molar-refractivity contribution in [3.8, 4) is 0 Å². The normalized spacial score (nSPS) is 23.5. The second-order valence-corrected chi connectivity index (χ2v) is 5.61. The lowest BCUT2D eigenvalue weighted by molar-refractivity contribution is 0.483. The molecule has 1 aliphatic rings. The zero-order valence-electron chi connectivity index (χ0n) is 11.5. The number of nitrogens with one attached hydrogen (secondary N) is 1. The van der Waals surface area contributed by atoms with Crippen molar-refractivity contribution in [2.24, 2.45) is 5.92 Å². The molecule has 0 radical (unpaired) electrons. The maximum Gasteiger partial charge on any atom is 0.123 e. The Bertz CT molecular complexity index is 389. The van der Waals surface area contributed by atoms with Crippen molar-refractivity contribution >= 4 is 0 Å². The van der Waals surface area contributed by atoms with Crippen LogP contribution in [-0.4, -0.2) is 12.6 Å². The number of rotatable bonds is 5. The third-order valence-electron chi connectivity index (χ3n) is 4.04. The van der Waals surface area contributed by atoms with Crippen LogP contribution >= 0.6 is 0 Å². The molecule has 1 aliphatic carbocycles. The second kappa shape index (κ2) is 6.33. The number of hydrogen-bond donors (Lipinski definition) is 1. The smallest absolute Gasteiger partial charge is 0.123 e. The molecule has 0 spiro atoms. The Hall–Kier alpha value is -0.890. The molecule has 0 bridgehead atoms. The highest BCUT2D eigenvalue weighted by atomic mass is 19.1. The summed E-state index contributed by atoms with van der Waals surface area (Å²) in [5.41, 5.74) is 2.41. The van der Waals surface area contributed by atoms with Crippen LogP contribution in [0.3, 0.4) is 0 Å². The number of halogens is 1. The summed E-state index contributed by atoms with van der Waals surface area (Å²) in [6.07, 6.45) is 6.03. The summed E-state index contributed by atoms with van der Waals surface area (Å²) in [7, 11) is 0. The Kier molecular flexibility index (Phi) is 4.76. The van der Waals surface area contributed by atoms with E-state index in [0.29, 0.717) is 6.04 Å². The van der Waals surface area contributed by atoms with Gasteiger partial charge in [-0.05, 0) is 74.8 Å². The maximum atomic E-state index is 13.3. The van der Waals surface area contributed by atoms with Crippen molar-refractivity contribution in [3.05, 3.63) is 35.1 Å². The molecule has 1 aromatic carbocycles. The predicted octanol–water partition coefficient (Wildman–Crippen LogP) is 3.84. The minimum Gasteiger partial charge on any atom is -0.314 e. The van der Waals surface area contributed by atoms with E-state index >= 15 is 0 Å². The van der Waals surface area contributed by atoms with E-state index in [2.05, 4.69) is 19.2 Å². The second-order valence-electron chi connectivity index (χ2n) is 5.61. The van der Waals surface area contributed by atoms with Gasteiger partial charge in [0, 0.05) is 6.04 Å². The van der Waals surface area contributed by atoms with Crippen molar-refractivity contribution in [2.75, 3.05) is 6.54 Å². The van der Waals surface area contributed by atoms with Gasteiger partial charge in [-0.3, -0.25) is 0 Å². The van der Waals surface area contributed by atoms with Gasteiger partial charge in [0.1, 0.15) is 5.82 Å². The van der Waals surface area contributed by atoms with Gasteiger partial charge in [0.2, 0.25) is 0 Å². The fraction of sp³-hybridized carbons (Fsp3) is 0.625. The van der Waals surface area contributed by atoms with Crippen LogP contribution in [-0.2, 0) is 6.42 Å². The minimum absolute atomic E-state index is 0.103. The summed E-state index contributed by atoms with van der Waals surface area (Å²) in [5.74, 6) is 0.620. The Balaban J connectivity index is 1.89. The Labute approximate surface area is 110 Å². The molecule has 2 unspecified atom stereocenters. The molecule has 1 aromatic rings. The molecule has 2 rings (SSSR count). The summed E-state index contributed by atoms with van der Waals surface area (Å²) in [6, 6.07) is 5.84. The standard InChI is InChI=1S/C16H24FN/c1-3-8-18-16-7-5-13(10-16)9-14-11-15(17)6-4-12(14)2/h4,6,11,13,16,18H,3,5,7-10H2,1-2H3. The molecule has 1 saturated carbocycles. The van der Waals surface area contributed by atoms with E-state index in [1.54, 1.807) is 12.1 Å².